The molecule has 1 atom stereocenters. The Kier molecular flexibility index (Phi) is 6.64. The lowest BCUT2D eigenvalue weighted by Gasteiger charge is -2.32. The molecule has 0 saturated heterocycles. The third-order valence-electron chi connectivity index (χ3n) is 2.99. The molecule has 0 aliphatic carbocycles. The monoisotopic (exact) mass is 332 g/mol. The molecule has 0 fully saturated rings. The number of halogens is 2. The Labute approximate surface area is 124 Å². The minimum atomic E-state index is 0.193. The molecule has 0 amide bonds. The van der Waals surface area contributed by atoms with Gasteiger partial charge < -0.3 is 5.73 Å². The first-order valence-electron chi connectivity index (χ1n) is 6.38. The van der Waals surface area contributed by atoms with E-state index in [0.29, 0.717) is 12.5 Å². The molecular weight excluding hydrogens is 312 g/mol. The SMILES string of the molecule is CCN(CC(C)C)C(CN)c1ccc(Br)cc1Cl. The molecular formula is C14H22BrClN2. The highest BCUT2D eigenvalue weighted by molar-refractivity contribution is 9.10. The molecule has 102 valence electrons. The highest BCUT2D eigenvalue weighted by atomic mass is 79.9. The Balaban J connectivity index is 2.99. The first-order chi connectivity index (χ1) is 8.49. The molecule has 1 aromatic rings. The van der Waals surface area contributed by atoms with Crippen molar-refractivity contribution in [1.29, 1.82) is 0 Å². The van der Waals surface area contributed by atoms with Crippen LogP contribution in [-0.4, -0.2) is 24.5 Å². The van der Waals surface area contributed by atoms with Crippen LogP contribution in [0.4, 0.5) is 0 Å². The van der Waals surface area contributed by atoms with Crippen molar-refractivity contribution >= 4 is 27.5 Å². The average Bonchev–Trinajstić information content (AvgIpc) is 2.30. The number of likely N-dealkylation sites (N-methyl/N-ethyl adjacent to an activating group) is 1. The van der Waals surface area contributed by atoms with E-state index in [2.05, 4.69) is 47.7 Å². The number of nitrogens with zero attached hydrogens (tertiary/aromatic N) is 1. The van der Waals surface area contributed by atoms with Crippen LogP contribution in [0.25, 0.3) is 0 Å². The number of rotatable bonds is 6. The van der Waals surface area contributed by atoms with Gasteiger partial charge in [0.1, 0.15) is 0 Å². The second kappa shape index (κ2) is 7.49. The fourth-order valence-corrected chi connectivity index (χ4v) is 2.99. The van der Waals surface area contributed by atoms with Crippen LogP contribution in [0.1, 0.15) is 32.4 Å². The zero-order chi connectivity index (χ0) is 13.7. The van der Waals surface area contributed by atoms with Gasteiger partial charge in [-0.3, -0.25) is 4.90 Å². The molecule has 1 aromatic carbocycles. The standard InChI is InChI=1S/C14H22BrClN2/c1-4-18(9-10(2)3)14(8-17)12-6-5-11(15)7-13(12)16/h5-7,10,14H,4,8-9,17H2,1-3H3. The Hall–Kier alpha value is -0.0900. The molecule has 0 aliphatic heterocycles. The molecule has 0 saturated carbocycles. The number of nitrogens with two attached hydrogens (primary N) is 1. The lowest BCUT2D eigenvalue weighted by molar-refractivity contribution is 0.189. The van der Waals surface area contributed by atoms with Crippen molar-refractivity contribution < 1.29 is 0 Å². The van der Waals surface area contributed by atoms with E-state index in [-0.39, 0.29) is 6.04 Å². The molecule has 1 rings (SSSR count). The van der Waals surface area contributed by atoms with Gasteiger partial charge in [0.25, 0.3) is 0 Å². The minimum Gasteiger partial charge on any atom is -0.329 e. The maximum atomic E-state index is 6.33. The second-order valence-electron chi connectivity index (χ2n) is 4.90. The van der Waals surface area contributed by atoms with E-state index in [1.165, 1.54) is 0 Å². The van der Waals surface area contributed by atoms with Crippen LogP contribution in [0.3, 0.4) is 0 Å². The Morgan fingerprint density at radius 1 is 1.39 bits per heavy atom. The van der Waals surface area contributed by atoms with Gasteiger partial charge in [-0.25, -0.2) is 0 Å². The summed E-state index contributed by atoms with van der Waals surface area (Å²) in [6.07, 6.45) is 0. The third kappa shape index (κ3) is 4.23. The van der Waals surface area contributed by atoms with E-state index in [4.69, 9.17) is 17.3 Å². The summed E-state index contributed by atoms with van der Waals surface area (Å²) in [5.74, 6) is 0.619. The van der Waals surface area contributed by atoms with Gasteiger partial charge in [0.05, 0.1) is 0 Å². The summed E-state index contributed by atoms with van der Waals surface area (Å²) < 4.78 is 0.999. The summed E-state index contributed by atoms with van der Waals surface area (Å²) in [5.41, 5.74) is 7.07. The van der Waals surface area contributed by atoms with Gasteiger partial charge in [-0.1, -0.05) is 54.4 Å². The average molecular weight is 334 g/mol. The Morgan fingerprint density at radius 2 is 2.06 bits per heavy atom. The smallest absolute Gasteiger partial charge is 0.0485 e. The number of hydrogen-bond donors (Lipinski definition) is 1. The molecule has 0 heterocycles. The van der Waals surface area contributed by atoms with Crippen LogP contribution in [0.2, 0.25) is 5.02 Å². The third-order valence-corrected chi connectivity index (χ3v) is 3.81. The first kappa shape index (κ1) is 16.0. The van der Waals surface area contributed by atoms with E-state index in [1.54, 1.807) is 0 Å². The maximum Gasteiger partial charge on any atom is 0.0485 e. The van der Waals surface area contributed by atoms with E-state index in [1.807, 2.05) is 12.1 Å². The molecule has 18 heavy (non-hydrogen) atoms. The highest BCUT2D eigenvalue weighted by Gasteiger charge is 2.20. The molecule has 0 spiro atoms. The van der Waals surface area contributed by atoms with E-state index in [0.717, 1.165) is 28.1 Å². The van der Waals surface area contributed by atoms with Crippen LogP contribution in [0.15, 0.2) is 22.7 Å². The second-order valence-corrected chi connectivity index (χ2v) is 6.22. The molecule has 2 N–H and O–H groups in total. The molecule has 0 radical (unpaired) electrons. The van der Waals surface area contributed by atoms with Crippen molar-refractivity contribution in [3.05, 3.63) is 33.3 Å². The summed E-state index contributed by atoms with van der Waals surface area (Å²) >= 11 is 9.76. The molecule has 1 unspecified atom stereocenters. The van der Waals surface area contributed by atoms with Crippen molar-refractivity contribution in [3.63, 3.8) is 0 Å². The van der Waals surface area contributed by atoms with Gasteiger partial charge in [-0.05, 0) is 30.2 Å². The maximum absolute atomic E-state index is 6.33. The molecule has 4 heteroatoms. The lowest BCUT2D eigenvalue weighted by atomic mass is 10.0. The van der Waals surface area contributed by atoms with Crippen LogP contribution in [-0.2, 0) is 0 Å². The summed E-state index contributed by atoms with van der Waals surface area (Å²) in [5, 5.41) is 0.780. The van der Waals surface area contributed by atoms with Crippen molar-refractivity contribution in [2.24, 2.45) is 11.7 Å². The fourth-order valence-electron chi connectivity index (χ4n) is 2.19. The fraction of sp³-hybridized carbons (Fsp3) is 0.571. The Bertz CT molecular complexity index is 382. The first-order valence-corrected chi connectivity index (χ1v) is 7.55. The van der Waals surface area contributed by atoms with Gasteiger partial charge >= 0.3 is 0 Å². The van der Waals surface area contributed by atoms with Crippen LogP contribution >= 0.6 is 27.5 Å². The predicted molar refractivity (Wildman–Crippen MR) is 83.0 cm³/mol. The summed E-state index contributed by atoms with van der Waals surface area (Å²) in [7, 11) is 0. The van der Waals surface area contributed by atoms with Gasteiger partial charge in [-0.15, -0.1) is 0 Å². The molecule has 2 nitrogen and oxygen atoms in total. The summed E-state index contributed by atoms with van der Waals surface area (Å²) in [6.45, 7) is 9.20. The van der Waals surface area contributed by atoms with Crippen molar-refractivity contribution in [2.75, 3.05) is 19.6 Å². The quantitative estimate of drug-likeness (QED) is 0.850. The van der Waals surface area contributed by atoms with E-state index >= 15 is 0 Å². The normalized spacial score (nSPS) is 13.3. The summed E-state index contributed by atoms with van der Waals surface area (Å²) in [4.78, 5) is 2.39. The number of hydrogen-bond acceptors (Lipinski definition) is 2. The van der Waals surface area contributed by atoms with E-state index < -0.39 is 0 Å². The highest BCUT2D eigenvalue weighted by Crippen LogP contribution is 2.29. The van der Waals surface area contributed by atoms with Crippen LogP contribution in [0.5, 0.6) is 0 Å². The van der Waals surface area contributed by atoms with Crippen molar-refractivity contribution in [3.8, 4) is 0 Å². The number of benzene rings is 1. The van der Waals surface area contributed by atoms with Crippen molar-refractivity contribution in [1.82, 2.24) is 4.90 Å². The Morgan fingerprint density at radius 3 is 2.50 bits per heavy atom. The molecule has 0 aromatic heterocycles. The largest absolute Gasteiger partial charge is 0.329 e. The molecule has 0 aliphatic rings. The minimum absolute atomic E-state index is 0.193. The molecule has 0 bridgehead atoms. The van der Waals surface area contributed by atoms with E-state index in [9.17, 15) is 0 Å². The van der Waals surface area contributed by atoms with Gasteiger partial charge in [0, 0.05) is 28.6 Å². The zero-order valence-corrected chi connectivity index (χ0v) is 13.6. The van der Waals surface area contributed by atoms with Gasteiger partial charge in [0.15, 0.2) is 0 Å². The summed E-state index contributed by atoms with van der Waals surface area (Å²) in [6, 6.07) is 6.21. The topological polar surface area (TPSA) is 29.3 Å². The van der Waals surface area contributed by atoms with Gasteiger partial charge in [0.2, 0.25) is 0 Å². The van der Waals surface area contributed by atoms with Gasteiger partial charge in [-0.2, -0.15) is 0 Å². The predicted octanol–water partition coefficient (Wildman–Crippen LogP) is 4.08. The zero-order valence-electron chi connectivity index (χ0n) is 11.3. The lowest BCUT2D eigenvalue weighted by Crippen LogP contribution is -2.36. The van der Waals surface area contributed by atoms with Crippen LogP contribution in [0, 0.1) is 5.92 Å². The van der Waals surface area contributed by atoms with Crippen molar-refractivity contribution in [2.45, 2.75) is 26.8 Å². The van der Waals surface area contributed by atoms with Crippen LogP contribution < -0.4 is 5.73 Å².